The maximum atomic E-state index is 13.2. The molecule has 2 atom stereocenters. The summed E-state index contributed by atoms with van der Waals surface area (Å²) in [7, 11) is 0. The standard InChI is InChI=1S/C24H31N5O5/c1-13(2)10-28-22-18(8-9-19(30)27-11-16-6-7-17(12-27)34-16)14(3)26-29(22)24(33)20(23(28)32)21(31)25-15-4-5-15/h8-9,13,15-17H,4-7,10-12H2,1-3H3,(H2,25,31,32,33)/p+1/b9-8+. The minimum Gasteiger partial charge on any atom is -0.477 e. The number of amides is 2. The molecule has 10 heteroatoms. The molecule has 5 rings (SSSR count). The molecule has 10 nitrogen and oxygen atoms in total. The fourth-order valence-electron chi connectivity index (χ4n) is 4.90. The van der Waals surface area contributed by atoms with Crippen molar-refractivity contribution >= 4 is 23.5 Å². The second-order valence-corrected chi connectivity index (χ2v) is 10.1. The number of rotatable bonds is 6. The number of aromatic amines is 1. The molecule has 0 spiro atoms. The number of fused-ring (bicyclic) bond motifs is 3. The normalized spacial score (nSPS) is 22.3. The van der Waals surface area contributed by atoms with Gasteiger partial charge in [-0.25, -0.2) is 9.89 Å². The number of carbonyl (C=O) groups excluding carboxylic acids is 2. The number of aromatic nitrogens is 3. The van der Waals surface area contributed by atoms with Crippen LogP contribution in [0, 0.1) is 12.8 Å². The van der Waals surface area contributed by atoms with Crippen molar-refractivity contribution < 1.29 is 24.0 Å². The fourth-order valence-corrected chi connectivity index (χ4v) is 4.90. The molecule has 2 aliphatic heterocycles. The minimum atomic E-state index is -0.621. The number of aromatic hydroxyl groups is 1. The molecular weight excluding hydrogens is 438 g/mol. The van der Waals surface area contributed by atoms with E-state index in [0.29, 0.717) is 36.5 Å². The van der Waals surface area contributed by atoms with Crippen LogP contribution in [0.1, 0.15) is 61.1 Å². The number of H-pyrrole nitrogens is 1. The van der Waals surface area contributed by atoms with Crippen LogP contribution in [0.15, 0.2) is 10.9 Å². The lowest BCUT2D eigenvalue weighted by Gasteiger charge is -2.31. The van der Waals surface area contributed by atoms with Crippen LogP contribution in [-0.2, 0) is 16.1 Å². The smallest absolute Gasteiger partial charge is 0.378 e. The number of ether oxygens (including phenoxy) is 1. The molecule has 2 bridgehead atoms. The highest BCUT2D eigenvalue weighted by Crippen LogP contribution is 2.27. The lowest BCUT2D eigenvalue weighted by atomic mass is 10.1. The highest BCUT2D eigenvalue weighted by atomic mass is 16.5. The number of aryl methyl sites for hydroxylation is 1. The minimum absolute atomic E-state index is 0.0517. The molecule has 1 saturated carbocycles. The summed E-state index contributed by atoms with van der Waals surface area (Å²) in [5.74, 6) is -0.907. The van der Waals surface area contributed by atoms with Gasteiger partial charge in [-0.15, -0.1) is 0 Å². The predicted octanol–water partition coefficient (Wildman–Crippen LogP) is 0.880. The Morgan fingerprint density at radius 1 is 1.24 bits per heavy atom. The molecule has 2 aromatic rings. The Bertz CT molecular complexity index is 1230. The molecular formula is C24H32N5O5+. The van der Waals surface area contributed by atoms with Crippen LogP contribution in [0.5, 0.6) is 5.88 Å². The van der Waals surface area contributed by atoms with Crippen LogP contribution in [0.25, 0.3) is 11.7 Å². The Kier molecular flexibility index (Phi) is 5.71. The molecule has 0 radical (unpaired) electrons. The Morgan fingerprint density at radius 3 is 2.53 bits per heavy atom. The molecule has 3 aliphatic rings. The van der Waals surface area contributed by atoms with Crippen LogP contribution in [-0.4, -0.2) is 62.8 Å². The van der Waals surface area contributed by atoms with Crippen molar-refractivity contribution in [3.63, 3.8) is 0 Å². The van der Waals surface area contributed by atoms with Crippen molar-refractivity contribution in [2.24, 2.45) is 5.92 Å². The van der Waals surface area contributed by atoms with E-state index in [4.69, 9.17) is 4.74 Å². The van der Waals surface area contributed by atoms with E-state index in [1.807, 2.05) is 13.8 Å². The molecule has 2 saturated heterocycles. The third-order valence-electron chi connectivity index (χ3n) is 6.72. The van der Waals surface area contributed by atoms with Gasteiger partial charge in [-0.2, -0.15) is 4.57 Å². The maximum absolute atomic E-state index is 13.2. The van der Waals surface area contributed by atoms with Crippen LogP contribution in [0.2, 0.25) is 0 Å². The van der Waals surface area contributed by atoms with Crippen LogP contribution < -0.4 is 15.4 Å². The van der Waals surface area contributed by atoms with Crippen molar-refractivity contribution in [1.29, 1.82) is 0 Å². The van der Waals surface area contributed by atoms with E-state index < -0.39 is 11.5 Å². The Labute approximate surface area is 197 Å². The molecule has 4 heterocycles. The van der Waals surface area contributed by atoms with Crippen molar-refractivity contribution in [3.05, 3.63) is 33.3 Å². The van der Waals surface area contributed by atoms with E-state index in [0.717, 1.165) is 25.7 Å². The summed E-state index contributed by atoms with van der Waals surface area (Å²) in [6, 6.07) is 0.0517. The molecule has 2 unspecified atom stereocenters. The number of hydrogen-bond acceptors (Lipinski definition) is 5. The molecule has 0 aromatic carbocycles. The second-order valence-electron chi connectivity index (χ2n) is 10.1. The van der Waals surface area contributed by atoms with E-state index >= 15 is 0 Å². The van der Waals surface area contributed by atoms with Gasteiger partial charge in [-0.05, 0) is 44.6 Å². The van der Waals surface area contributed by atoms with E-state index in [1.54, 1.807) is 22.5 Å². The Morgan fingerprint density at radius 2 is 1.91 bits per heavy atom. The quantitative estimate of drug-likeness (QED) is 0.428. The zero-order chi connectivity index (χ0) is 24.1. The monoisotopic (exact) mass is 470 g/mol. The van der Waals surface area contributed by atoms with Crippen molar-refractivity contribution in [3.8, 4) is 5.88 Å². The number of nitrogens with zero attached hydrogens (tertiary/aromatic N) is 3. The summed E-state index contributed by atoms with van der Waals surface area (Å²) in [4.78, 5) is 40.7. The average Bonchev–Trinajstić information content (AvgIpc) is 3.44. The number of morpholine rings is 1. The van der Waals surface area contributed by atoms with Gasteiger partial charge in [0.05, 0.1) is 30.0 Å². The predicted molar refractivity (Wildman–Crippen MR) is 123 cm³/mol. The fraction of sp³-hybridized carbons (Fsp3) is 0.583. The lowest BCUT2D eigenvalue weighted by Crippen LogP contribution is -2.46. The lowest BCUT2D eigenvalue weighted by molar-refractivity contribution is -0.686. The summed E-state index contributed by atoms with van der Waals surface area (Å²) in [5.41, 5.74) is 0.792. The Balaban J connectivity index is 1.55. The topological polar surface area (TPSA) is 120 Å². The van der Waals surface area contributed by atoms with Gasteiger partial charge in [0.1, 0.15) is 0 Å². The molecule has 34 heavy (non-hydrogen) atoms. The van der Waals surface area contributed by atoms with Gasteiger partial charge in [-0.3, -0.25) is 9.59 Å². The summed E-state index contributed by atoms with van der Waals surface area (Å²) in [5, 5.41) is 16.9. The number of hydrogen-bond donors (Lipinski definition) is 3. The molecule has 2 amide bonds. The summed E-state index contributed by atoms with van der Waals surface area (Å²) < 4.78 is 8.69. The number of nitrogens with one attached hydrogen (secondary N) is 2. The summed E-state index contributed by atoms with van der Waals surface area (Å²) in [6.45, 7) is 7.33. The van der Waals surface area contributed by atoms with Gasteiger partial charge in [0.25, 0.3) is 5.91 Å². The molecule has 2 aromatic heterocycles. The highest BCUT2D eigenvalue weighted by molar-refractivity contribution is 5.96. The third-order valence-corrected chi connectivity index (χ3v) is 6.72. The van der Waals surface area contributed by atoms with E-state index in [-0.39, 0.29) is 41.5 Å². The first-order valence-corrected chi connectivity index (χ1v) is 12.1. The van der Waals surface area contributed by atoms with Crippen LogP contribution in [0.4, 0.5) is 0 Å². The molecule has 1 aliphatic carbocycles. The first-order chi connectivity index (χ1) is 16.2. The first-order valence-electron chi connectivity index (χ1n) is 12.1. The van der Waals surface area contributed by atoms with E-state index in [2.05, 4.69) is 10.4 Å². The SMILES string of the molecule is Cc1[nH]n2c(=O)c(C(=O)NC3CC3)c(O)[n+](CC(C)C)c2c1/C=C/C(=O)N1CC2CCC(C1)O2. The zero-order valence-corrected chi connectivity index (χ0v) is 19.8. The summed E-state index contributed by atoms with van der Waals surface area (Å²) >= 11 is 0. The van der Waals surface area contributed by atoms with Crippen molar-refractivity contribution in [2.45, 2.75) is 71.2 Å². The number of carbonyl (C=O) groups is 2. The van der Waals surface area contributed by atoms with Gasteiger partial charge in [0.2, 0.25) is 11.5 Å². The van der Waals surface area contributed by atoms with Gasteiger partial charge in [0.15, 0.2) is 0 Å². The highest BCUT2D eigenvalue weighted by Gasteiger charge is 2.36. The molecule has 3 N–H and O–H groups in total. The van der Waals surface area contributed by atoms with Crippen LogP contribution >= 0.6 is 0 Å². The average molecular weight is 471 g/mol. The summed E-state index contributed by atoms with van der Waals surface area (Å²) in [6.07, 6.45) is 7.11. The van der Waals surface area contributed by atoms with Crippen molar-refractivity contribution in [1.82, 2.24) is 19.8 Å². The van der Waals surface area contributed by atoms with Crippen molar-refractivity contribution in [2.75, 3.05) is 13.1 Å². The number of likely N-dealkylation sites (tertiary alicyclic amines) is 1. The van der Waals surface area contributed by atoms with Gasteiger partial charge >= 0.3 is 17.1 Å². The largest absolute Gasteiger partial charge is 0.477 e. The Hall–Kier alpha value is -3.14. The van der Waals surface area contributed by atoms with Gasteiger partial charge < -0.3 is 20.1 Å². The van der Waals surface area contributed by atoms with Gasteiger partial charge in [-0.1, -0.05) is 18.4 Å². The maximum Gasteiger partial charge on any atom is 0.378 e. The third kappa shape index (κ3) is 4.11. The van der Waals surface area contributed by atoms with E-state index in [9.17, 15) is 19.5 Å². The zero-order valence-electron chi connectivity index (χ0n) is 19.8. The van der Waals surface area contributed by atoms with Gasteiger partial charge in [0, 0.05) is 25.2 Å². The molecule has 3 fully saturated rings. The molecule has 182 valence electrons. The first kappa shape index (κ1) is 22.6. The van der Waals surface area contributed by atoms with E-state index in [1.165, 1.54) is 10.6 Å². The second kappa shape index (κ2) is 8.57. The van der Waals surface area contributed by atoms with Crippen LogP contribution in [0.3, 0.4) is 0 Å².